The summed E-state index contributed by atoms with van der Waals surface area (Å²) >= 11 is 0. The molecule has 1 saturated heterocycles. The van der Waals surface area contributed by atoms with E-state index in [1.54, 1.807) is 17.9 Å². The fourth-order valence-corrected chi connectivity index (χ4v) is 2.81. The third kappa shape index (κ3) is 3.72. The lowest BCUT2D eigenvalue weighted by Crippen LogP contribution is -2.41. The fourth-order valence-electron chi connectivity index (χ4n) is 2.81. The van der Waals surface area contributed by atoms with Gasteiger partial charge in [-0.05, 0) is 51.5 Å². The minimum absolute atomic E-state index is 0.345. The van der Waals surface area contributed by atoms with Gasteiger partial charge in [-0.25, -0.2) is 4.79 Å². The molecule has 0 bridgehead atoms. The molecule has 0 radical (unpaired) electrons. The van der Waals surface area contributed by atoms with Crippen LogP contribution in [0.1, 0.15) is 43.7 Å². The molecule has 0 saturated carbocycles. The van der Waals surface area contributed by atoms with E-state index in [-0.39, 0.29) is 0 Å². The maximum Gasteiger partial charge on any atom is 0.516 e. The van der Waals surface area contributed by atoms with Crippen molar-refractivity contribution < 1.29 is 23.6 Å². The third-order valence-corrected chi connectivity index (χ3v) is 5.18. The van der Waals surface area contributed by atoms with Crippen LogP contribution in [0.5, 0.6) is 5.75 Å². The monoisotopic (exact) mass is 372 g/mol. The molecule has 2 heterocycles. The molecule has 1 fully saturated rings. The smallest absolute Gasteiger partial charge is 0.497 e. The first-order valence-electron chi connectivity index (χ1n) is 8.81. The standard InChI is InChI=1S/C19H25BN2O5/c1-18(2)19(3,4)27-20(26-18)16-11-15(17(23)25-6)22(21-16)12-13-7-9-14(24-5)10-8-13/h7-11H,12H2,1-6H3. The molecule has 0 atom stereocenters. The number of nitrogens with zero attached hydrogens (tertiary/aromatic N) is 2. The van der Waals surface area contributed by atoms with E-state index in [1.807, 2.05) is 52.0 Å². The average Bonchev–Trinajstić information content (AvgIpc) is 3.13. The highest BCUT2D eigenvalue weighted by Crippen LogP contribution is 2.36. The van der Waals surface area contributed by atoms with Crippen LogP contribution in [0.3, 0.4) is 0 Å². The van der Waals surface area contributed by atoms with Gasteiger partial charge in [-0.3, -0.25) is 4.68 Å². The maximum absolute atomic E-state index is 12.2. The Hall–Kier alpha value is -2.32. The summed E-state index contributed by atoms with van der Waals surface area (Å²) in [5, 5.41) is 4.56. The lowest BCUT2D eigenvalue weighted by atomic mass is 9.85. The van der Waals surface area contributed by atoms with E-state index in [1.165, 1.54) is 7.11 Å². The van der Waals surface area contributed by atoms with Gasteiger partial charge in [0.2, 0.25) is 0 Å². The van der Waals surface area contributed by atoms with Gasteiger partial charge in [-0.1, -0.05) is 12.1 Å². The molecule has 27 heavy (non-hydrogen) atoms. The van der Waals surface area contributed by atoms with Crippen molar-refractivity contribution in [3.63, 3.8) is 0 Å². The van der Waals surface area contributed by atoms with Crippen molar-refractivity contribution in [3.8, 4) is 5.75 Å². The molecule has 0 N–H and O–H groups in total. The van der Waals surface area contributed by atoms with Gasteiger partial charge in [0.1, 0.15) is 11.4 Å². The van der Waals surface area contributed by atoms with E-state index in [9.17, 15) is 4.79 Å². The van der Waals surface area contributed by atoms with Gasteiger partial charge in [0, 0.05) is 0 Å². The number of hydrogen-bond donors (Lipinski definition) is 0. The van der Waals surface area contributed by atoms with Crippen molar-refractivity contribution in [2.45, 2.75) is 45.4 Å². The zero-order valence-electron chi connectivity index (χ0n) is 16.6. The third-order valence-electron chi connectivity index (χ3n) is 5.18. The number of carbonyl (C=O) groups excluding carboxylic acids is 1. The summed E-state index contributed by atoms with van der Waals surface area (Å²) in [7, 11) is 2.33. The van der Waals surface area contributed by atoms with Crippen LogP contribution in [-0.2, 0) is 20.6 Å². The summed E-state index contributed by atoms with van der Waals surface area (Å²) in [4.78, 5) is 12.2. The first kappa shape index (κ1) is 19.4. The van der Waals surface area contributed by atoms with Crippen molar-refractivity contribution >= 4 is 18.7 Å². The number of benzene rings is 1. The minimum Gasteiger partial charge on any atom is -0.497 e. The average molecular weight is 372 g/mol. The first-order valence-corrected chi connectivity index (χ1v) is 8.81. The molecule has 2 aromatic rings. The van der Waals surface area contributed by atoms with Gasteiger partial charge in [-0.15, -0.1) is 0 Å². The molecule has 1 aromatic heterocycles. The molecule has 0 aliphatic carbocycles. The second-order valence-electron chi connectivity index (χ2n) is 7.54. The number of hydrogen-bond acceptors (Lipinski definition) is 6. The number of carbonyl (C=O) groups is 1. The Labute approximate surface area is 159 Å². The lowest BCUT2D eigenvalue weighted by molar-refractivity contribution is 0.00578. The Morgan fingerprint density at radius 1 is 1.11 bits per heavy atom. The Bertz CT molecular complexity index is 813. The highest BCUT2D eigenvalue weighted by molar-refractivity contribution is 6.61. The van der Waals surface area contributed by atoms with Gasteiger partial charge in [0.15, 0.2) is 0 Å². The molecule has 144 valence electrons. The van der Waals surface area contributed by atoms with Gasteiger partial charge in [0.05, 0.1) is 37.6 Å². The Morgan fingerprint density at radius 3 is 2.22 bits per heavy atom. The van der Waals surface area contributed by atoms with Gasteiger partial charge in [-0.2, -0.15) is 5.10 Å². The topological polar surface area (TPSA) is 71.8 Å². The molecule has 1 aliphatic heterocycles. The van der Waals surface area contributed by atoms with Crippen LogP contribution in [0.2, 0.25) is 0 Å². The normalized spacial score (nSPS) is 17.8. The Morgan fingerprint density at radius 2 is 1.70 bits per heavy atom. The number of methoxy groups -OCH3 is 2. The number of rotatable bonds is 5. The Balaban J connectivity index is 1.90. The van der Waals surface area contributed by atoms with E-state index < -0.39 is 24.3 Å². The predicted octanol–water partition coefficient (Wildman–Crippen LogP) is 2.03. The molecule has 0 unspecified atom stereocenters. The van der Waals surface area contributed by atoms with Gasteiger partial charge in [0.25, 0.3) is 0 Å². The molecular formula is C19H25BN2O5. The number of aromatic nitrogens is 2. The molecule has 0 spiro atoms. The zero-order chi connectivity index (χ0) is 19.8. The Kier molecular flexibility index (Phi) is 5.05. The van der Waals surface area contributed by atoms with Crippen molar-refractivity contribution in [1.82, 2.24) is 9.78 Å². The van der Waals surface area contributed by atoms with Crippen LogP contribution < -0.4 is 10.3 Å². The van der Waals surface area contributed by atoms with Crippen LogP contribution in [0.25, 0.3) is 0 Å². The fraction of sp³-hybridized carbons (Fsp3) is 0.474. The van der Waals surface area contributed by atoms with Crippen LogP contribution in [0, 0.1) is 0 Å². The van der Waals surface area contributed by atoms with Crippen molar-refractivity contribution in [1.29, 1.82) is 0 Å². The summed E-state index contributed by atoms with van der Waals surface area (Å²) in [5.41, 5.74) is 0.899. The summed E-state index contributed by atoms with van der Waals surface area (Å²) < 4.78 is 23.8. The van der Waals surface area contributed by atoms with Crippen LogP contribution >= 0.6 is 0 Å². The molecule has 8 heteroatoms. The summed E-state index contributed by atoms with van der Waals surface area (Å²) in [5.74, 6) is 0.309. The van der Waals surface area contributed by atoms with Crippen molar-refractivity contribution in [2.24, 2.45) is 0 Å². The van der Waals surface area contributed by atoms with E-state index in [2.05, 4.69) is 5.10 Å². The highest BCUT2D eigenvalue weighted by Gasteiger charge is 2.53. The summed E-state index contributed by atoms with van der Waals surface area (Å²) in [6.07, 6.45) is 0. The SMILES string of the molecule is COC(=O)c1cc(B2OC(C)(C)C(C)(C)O2)nn1Cc1ccc(OC)cc1. The lowest BCUT2D eigenvalue weighted by Gasteiger charge is -2.32. The van der Waals surface area contributed by atoms with E-state index in [0.29, 0.717) is 17.8 Å². The van der Waals surface area contributed by atoms with Crippen LogP contribution in [-0.4, -0.2) is 48.3 Å². The highest BCUT2D eigenvalue weighted by atomic mass is 16.7. The summed E-state index contributed by atoms with van der Waals surface area (Å²) in [6.45, 7) is 8.31. The molecule has 3 rings (SSSR count). The maximum atomic E-state index is 12.2. The van der Waals surface area contributed by atoms with Gasteiger partial charge >= 0.3 is 13.1 Å². The molecular weight excluding hydrogens is 347 g/mol. The predicted molar refractivity (Wildman–Crippen MR) is 101 cm³/mol. The molecule has 1 aliphatic rings. The van der Waals surface area contributed by atoms with E-state index in [4.69, 9.17) is 18.8 Å². The van der Waals surface area contributed by atoms with E-state index >= 15 is 0 Å². The van der Waals surface area contributed by atoms with E-state index in [0.717, 1.165) is 11.3 Å². The zero-order valence-corrected chi connectivity index (χ0v) is 16.6. The van der Waals surface area contributed by atoms with Crippen molar-refractivity contribution in [2.75, 3.05) is 14.2 Å². The first-order chi connectivity index (χ1) is 12.7. The number of ether oxygens (including phenoxy) is 2. The second-order valence-corrected chi connectivity index (χ2v) is 7.54. The molecule has 0 amide bonds. The molecule has 7 nitrogen and oxygen atoms in total. The number of esters is 1. The van der Waals surface area contributed by atoms with Gasteiger partial charge < -0.3 is 18.8 Å². The molecule has 1 aromatic carbocycles. The van der Waals surface area contributed by atoms with Crippen LogP contribution in [0.15, 0.2) is 30.3 Å². The second kappa shape index (κ2) is 7.01. The minimum atomic E-state index is -0.643. The largest absolute Gasteiger partial charge is 0.516 e. The van der Waals surface area contributed by atoms with Crippen LogP contribution in [0.4, 0.5) is 0 Å². The van der Waals surface area contributed by atoms with Crippen molar-refractivity contribution in [3.05, 3.63) is 41.6 Å². The quantitative estimate of drug-likeness (QED) is 0.591. The summed E-state index contributed by atoms with van der Waals surface area (Å²) in [6, 6.07) is 9.25.